The van der Waals surface area contributed by atoms with Gasteiger partial charge in [0.05, 0.1) is 12.3 Å². The van der Waals surface area contributed by atoms with E-state index in [1.54, 1.807) is 24.2 Å². The molecule has 2 amide bonds. The van der Waals surface area contributed by atoms with Crippen molar-refractivity contribution in [2.24, 2.45) is 0 Å². The normalized spacial score (nSPS) is 26.9. The van der Waals surface area contributed by atoms with Gasteiger partial charge < -0.3 is 14.6 Å². The first-order chi connectivity index (χ1) is 9.55. The van der Waals surface area contributed by atoms with Crippen molar-refractivity contribution in [3.8, 4) is 0 Å². The zero-order valence-corrected chi connectivity index (χ0v) is 11.9. The summed E-state index contributed by atoms with van der Waals surface area (Å²) in [5.74, 6) is 0.684. The fourth-order valence-corrected chi connectivity index (χ4v) is 3.44. The van der Waals surface area contributed by atoms with E-state index >= 15 is 0 Å². The molecular weight excluding hydrogens is 256 g/mol. The Bertz CT molecular complexity index is 517. The first-order valence-corrected chi connectivity index (χ1v) is 7.23. The summed E-state index contributed by atoms with van der Waals surface area (Å²) in [5, 5.41) is 2.96. The number of carbonyl (C=O) groups excluding carboxylic acids is 2. The van der Waals surface area contributed by atoms with Gasteiger partial charge in [-0.3, -0.25) is 9.59 Å². The monoisotopic (exact) mass is 276 g/mol. The maximum absolute atomic E-state index is 12.9. The Morgan fingerprint density at radius 1 is 1.40 bits per heavy atom. The average molecular weight is 276 g/mol. The quantitative estimate of drug-likeness (QED) is 0.898. The molecule has 1 aliphatic heterocycles. The Hall–Kier alpha value is -1.78. The molecule has 1 aromatic rings. The highest BCUT2D eigenvalue weighted by Crippen LogP contribution is 2.37. The number of nitrogens with zero attached hydrogens (tertiary/aromatic N) is 1. The molecular formula is C15H20N2O3. The predicted molar refractivity (Wildman–Crippen MR) is 72.8 cm³/mol. The van der Waals surface area contributed by atoms with Crippen LogP contribution in [0.1, 0.15) is 51.3 Å². The second kappa shape index (κ2) is 4.65. The minimum atomic E-state index is -0.676. The summed E-state index contributed by atoms with van der Waals surface area (Å²) in [4.78, 5) is 26.8. The van der Waals surface area contributed by atoms with Crippen molar-refractivity contribution in [2.75, 3.05) is 0 Å². The molecule has 2 unspecified atom stereocenters. The highest BCUT2D eigenvalue weighted by atomic mass is 16.3. The van der Waals surface area contributed by atoms with Crippen molar-refractivity contribution in [2.45, 2.75) is 57.2 Å². The second-order valence-corrected chi connectivity index (χ2v) is 5.86. The molecule has 5 nitrogen and oxygen atoms in total. The molecule has 1 saturated carbocycles. The van der Waals surface area contributed by atoms with Crippen LogP contribution in [0.4, 0.5) is 0 Å². The van der Waals surface area contributed by atoms with E-state index in [2.05, 4.69) is 5.32 Å². The highest BCUT2D eigenvalue weighted by molar-refractivity contribution is 6.00. The van der Waals surface area contributed by atoms with Crippen molar-refractivity contribution in [3.05, 3.63) is 24.2 Å². The minimum absolute atomic E-state index is 0.0333. The van der Waals surface area contributed by atoms with E-state index in [-0.39, 0.29) is 17.9 Å². The van der Waals surface area contributed by atoms with Gasteiger partial charge in [-0.05, 0) is 38.8 Å². The highest BCUT2D eigenvalue weighted by Gasteiger charge is 2.52. The van der Waals surface area contributed by atoms with Crippen LogP contribution >= 0.6 is 0 Å². The lowest BCUT2D eigenvalue weighted by atomic mass is 9.90. The number of carbonyl (C=O) groups is 2. The molecule has 2 heterocycles. The summed E-state index contributed by atoms with van der Waals surface area (Å²) in [7, 11) is 0. The molecule has 0 bridgehead atoms. The number of hydrogen-bond donors (Lipinski definition) is 1. The summed E-state index contributed by atoms with van der Waals surface area (Å²) >= 11 is 0. The van der Waals surface area contributed by atoms with Crippen LogP contribution in [0.3, 0.4) is 0 Å². The molecule has 5 heteroatoms. The van der Waals surface area contributed by atoms with E-state index in [1.807, 2.05) is 13.0 Å². The van der Waals surface area contributed by atoms with Crippen molar-refractivity contribution in [1.82, 2.24) is 10.2 Å². The van der Waals surface area contributed by atoms with Crippen LogP contribution in [0.25, 0.3) is 0 Å². The van der Waals surface area contributed by atoms with Gasteiger partial charge >= 0.3 is 0 Å². The van der Waals surface area contributed by atoms with E-state index in [4.69, 9.17) is 4.42 Å². The first kappa shape index (κ1) is 13.2. The minimum Gasteiger partial charge on any atom is -0.467 e. The van der Waals surface area contributed by atoms with Gasteiger partial charge in [0.25, 0.3) is 0 Å². The molecule has 1 spiro atoms. The fraction of sp³-hybridized carbons (Fsp3) is 0.600. The lowest BCUT2D eigenvalue weighted by molar-refractivity contribution is -0.157. The molecule has 2 atom stereocenters. The lowest BCUT2D eigenvalue weighted by Crippen LogP contribution is -2.69. The van der Waals surface area contributed by atoms with Crippen LogP contribution in [0, 0.1) is 0 Å². The standard InChI is InChI=1S/C15H20N2O3/c1-10(12-6-5-9-20-12)17-11(2)13(18)16-15(14(17)19)7-3-4-8-15/h5-6,9-11H,3-4,7-8H2,1-2H3,(H,16,18). The van der Waals surface area contributed by atoms with Gasteiger partial charge in [0, 0.05) is 0 Å². The summed E-state index contributed by atoms with van der Waals surface area (Å²) < 4.78 is 5.41. The molecule has 2 fully saturated rings. The average Bonchev–Trinajstić information content (AvgIpc) is 3.09. The van der Waals surface area contributed by atoms with Gasteiger partial charge in [0.15, 0.2) is 0 Å². The molecule has 20 heavy (non-hydrogen) atoms. The van der Waals surface area contributed by atoms with Gasteiger partial charge in [-0.25, -0.2) is 0 Å². The Kier molecular flexibility index (Phi) is 3.07. The summed E-state index contributed by atoms with van der Waals surface area (Å²) in [6.45, 7) is 3.68. The molecule has 0 aromatic carbocycles. The van der Waals surface area contributed by atoms with E-state index in [0.717, 1.165) is 25.7 Å². The molecule has 1 aromatic heterocycles. The molecule has 1 saturated heterocycles. The third-order valence-corrected chi connectivity index (χ3v) is 4.63. The van der Waals surface area contributed by atoms with E-state index < -0.39 is 11.6 Å². The van der Waals surface area contributed by atoms with Crippen molar-refractivity contribution >= 4 is 11.8 Å². The number of nitrogens with one attached hydrogen (secondary N) is 1. The maximum atomic E-state index is 12.9. The van der Waals surface area contributed by atoms with E-state index in [0.29, 0.717) is 5.76 Å². The number of furan rings is 1. The van der Waals surface area contributed by atoms with Crippen LogP contribution in [-0.4, -0.2) is 28.3 Å². The number of hydrogen-bond acceptors (Lipinski definition) is 3. The topological polar surface area (TPSA) is 62.6 Å². The van der Waals surface area contributed by atoms with Crippen molar-refractivity contribution in [3.63, 3.8) is 0 Å². The summed E-state index contributed by atoms with van der Waals surface area (Å²) in [5.41, 5.74) is -0.676. The van der Waals surface area contributed by atoms with Gasteiger partial charge in [-0.15, -0.1) is 0 Å². The van der Waals surface area contributed by atoms with Crippen LogP contribution < -0.4 is 5.32 Å². The third kappa shape index (κ3) is 1.84. The lowest BCUT2D eigenvalue weighted by Gasteiger charge is -2.45. The zero-order chi connectivity index (χ0) is 14.3. The number of amides is 2. The molecule has 1 N–H and O–H groups in total. The molecule has 108 valence electrons. The smallest absolute Gasteiger partial charge is 0.249 e. The Morgan fingerprint density at radius 3 is 2.70 bits per heavy atom. The fourth-order valence-electron chi connectivity index (χ4n) is 3.44. The maximum Gasteiger partial charge on any atom is 0.249 e. The predicted octanol–water partition coefficient (Wildman–Crippen LogP) is 2.00. The van der Waals surface area contributed by atoms with E-state index in [1.165, 1.54) is 0 Å². The zero-order valence-electron chi connectivity index (χ0n) is 11.9. The third-order valence-electron chi connectivity index (χ3n) is 4.63. The molecule has 1 aliphatic carbocycles. The first-order valence-electron chi connectivity index (χ1n) is 7.23. The summed E-state index contributed by atoms with van der Waals surface area (Å²) in [6.07, 6.45) is 5.06. The van der Waals surface area contributed by atoms with Gasteiger partial charge in [0.2, 0.25) is 11.8 Å². The van der Waals surface area contributed by atoms with Crippen LogP contribution in [0.2, 0.25) is 0 Å². The van der Waals surface area contributed by atoms with Gasteiger partial charge in [-0.1, -0.05) is 12.8 Å². The van der Waals surface area contributed by atoms with Crippen LogP contribution in [0.15, 0.2) is 22.8 Å². The SMILES string of the molecule is CC1C(=O)NC2(CCCC2)C(=O)N1C(C)c1ccco1. The summed E-state index contributed by atoms with van der Waals surface area (Å²) in [6, 6.07) is 2.96. The largest absolute Gasteiger partial charge is 0.467 e. The van der Waals surface area contributed by atoms with Crippen LogP contribution in [-0.2, 0) is 9.59 Å². The Labute approximate surface area is 118 Å². The van der Waals surface area contributed by atoms with Gasteiger partial charge in [0.1, 0.15) is 17.3 Å². The van der Waals surface area contributed by atoms with Gasteiger partial charge in [-0.2, -0.15) is 0 Å². The second-order valence-electron chi connectivity index (χ2n) is 5.86. The van der Waals surface area contributed by atoms with Crippen LogP contribution in [0.5, 0.6) is 0 Å². The van der Waals surface area contributed by atoms with E-state index in [9.17, 15) is 9.59 Å². The molecule has 0 radical (unpaired) electrons. The Morgan fingerprint density at radius 2 is 2.10 bits per heavy atom. The van der Waals surface area contributed by atoms with Crippen molar-refractivity contribution < 1.29 is 14.0 Å². The molecule has 3 rings (SSSR count). The Balaban J connectivity index is 1.94. The number of piperazine rings is 1. The van der Waals surface area contributed by atoms with Crippen molar-refractivity contribution in [1.29, 1.82) is 0 Å². The number of rotatable bonds is 2. The molecule has 2 aliphatic rings.